The first-order valence-corrected chi connectivity index (χ1v) is 6.91. The number of amides is 1. The quantitative estimate of drug-likeness (QED) is 0.835. The van der Waals surface area contributed by atoms with Gasteiger partial charge < -0.3 is 14.8 Å². The molecule has 0 heterocycles. The molecule has 0 aliphatic heterocycles. The zero-order valence-electron chi connectivity index (χ0n) is 12.6. The number of benzene rings is 2. The standard InChI is InChI=1S/C17H18FNO3/c1-12-4-3-5-14(10-12)22-9-8-19-17(20)15-7-6-13(21-2)11-16(15)18/h3-7,10-11H,8-9H2,1-2H3,(H,19,20). The Morgan fingerprint density at radius 1 is 1.18 bits per heavy atom. The van der Waals surface area contributed by atoms with E-state index < -0.39 is 11.7 Å². The molecule has 1 N–H and O–H groups in total. The summed E-state index contributed by atoms with van der Waals surface area (Å²) in [6, 6.07) is 11.7. The summed E-state index contributed by atoms with van der Waals surface area (Å²) in [6.45, 7) is 2.58. The van der Waals surface area contributed by atoms with Gasteiger partial charge in [-0.2, -0.15) is 0 Å². The molecule has 0 radical (unpaired) electrons. The van der Waals surface area contributed by atoms with E-state index in [4.69, 9.17) is 9.47 Å². The molecular weight excluding hydrogens is 285 g/mol. The summed E-state index contributed by atoms with van der Waals surface area (Å²) in [5.41, 5.74) is 1.08. The number of aryl methyl sites for hydroxylation is 1. The third-order valence-electron chi connectivity index (χ3n) is 3.07. The summed E-state index contributed by atoms with van der Waals surface area (Å²) in [5.74, 6) is 0.0196. The first kappa shape index (κ1) is 15.8. The highest BCUT2D eigenvalue weighted by atomic mass is 19.1. The predicted molar refractivity (Wildman–Crippen MR) is 82.0 cm³/mol. The lowest BCUT2D eigenvalue weighted by atomic mass is 10.2. The van der Waals surface area contributed by atoms with Crippen LogP contribution in [-0.2, 0) is 0 Å². The van der Waals surface area contributed by atoms with Crippen molar-refractivity contribution in [2.24, 2.45) is 0 Å². The number of carbonyl (C=O) groups excluding carboxylic acids is 1. The Morgan fingerprint density at radius 2 is 2.00 bits per heavy atom. The van der Waals surface area contributed by atoms with Crippen molar-refractivity contribution in [3.05, 3.63) is 59.4 Å². The molecule has 0 unspecified atom stereocenters. The Balaban J connectivity index is 1.83. The predicted octanol–water partition coefficient (Wildman–Crippen LogP) is 2.95. The van der Waals surface area contributed by atoms with Crippen LogP contribution in [0, 0.1) is 12.7 Å². The van der Waals surface area contributed by atoms with Crippen molar-refractivity contribution in [2.45, 2.75) is 6.92 Å². The lowest BCUT2D eigenvalue weighted by Crippen LogP contribution is -2.28. The molecule has 0 saturated heterocycles. The summed E-state index contributed by atoms with van der Waals surface area (Å²) in [7, 11) is 1.44. The minimum Gasteiger partial charge on any atom is -0.497 e. The highest BCUT2D eigenvalue weighted by Crippen LogP contribution is 2.16. The van der Waals surface area contributed by atoms with E-state index in [-0.39, 0.29) is 12.1 Å². The first-order valence-electron chi connectivity index (χ1n) is 6.91. The van der Waals surface area contributed by atoms with Crippen LogP contribution >= 0.6 is 0 Å². The number of nitrogens with one attached hydrogen (secondary N) is 1. The Hall–Kier alpha value is -2.56. The van der Waals surface area contributed by atoms with Crippen LogP contribution in [0.4, 0.5) is 4.39 Å². The second-order valence-electron chi connectivity index (χ2n) is 4.77. The summed E-state index contributed by atoms with van der Waals surface area (Å²) in [4.78, 5) is 11.9. The van der Waals surface area contributed by atoms with Crippen LogP contribution in [0.3, 0.4) is 0 Å². The highest BCUT2D eigenvalue weighted by molar-refractivity contribution is 5.94. The van der Waals surface area contributed by atoms with Crippen LogP contribution in [0.1, 0.15) is 15.9 Å². The van der Waals surface area contributed by atoms with Gasteiger partial charge in [0.25, 0.3) is 5.91 Å². The zero-order chi connectivity index (χ0) is 15.9. The van der Waals surface area contributed by atoms with Crippen molar-refractivity contribution in [3.63, 3.8) is 0 Å². The molecule has 0 bridgehead atoms. The summed E-state index contributed by atoms with van der Waals surface area (Å²) >= 11 is 0. The third kappa shape index (κ3) is 4.22. The van der Waals surface area contributed by atoms with Gasteiger partial charge in [-0.3, -0.25) is 4.79 Å². The zero-order valence-corrected chi connectivity index (χ0v) is 12.6. The van der Waals surface area contributed by atoms with Crippen LogP contribution in [0.5, 0.6) is 11.5 Å². The fourth-order valence-corrected chi connectivity index (χ4v) is 1.94. The van der Waals surface area contributed by atoms with Gasteiger partial charge in [0.05, 0.1) is 19.2 Å². The van der Waals surface area contributed by atoms with E-state index >= 15 is 0 Å². The van der Waals surface area contributed by atoms with Gasteiger partial charge in [-0.05, 0) is 36.8 Å². The fourth-order valence-electron chi connectivity index (χ4n) is 1.94. The third-order valence-corrected chi connectivity index (χ3v) is 3.07. The van der Waals surface area contributed by atoms with Gasteiger partial charge in [-0.15, -0.1) is 0 Å². The smallest absolute Gasteiger partial charge is 0.254 e. The highest BCUT2D eigenvalue weighted by Gasteiger charge is 2.11. The molecule has 22 heavy (non-hydrogen) atoms. The molecule has 2 aromatic rings. The summed E-state index contributed by atoms with van der Waals surface area (Å²) in [5, 5.41) is 2.62. The maximum Gasteiger partial charge on any atom is 0.254 e. The molecule has 116 valence electrons. The average Bonchev–Trinajstić information content (AvgIpc) is 2.51. The van der Waals surface area contributed by atoms with E-state index in [1.165, 1.54) is 19.2 Å². The number of halogens is 1. The van der Waals surface area contributed by atoms with Gasteiger partial charge in [0, 0.05) is 6.07 Å². The largest absolute Gasteiger partial charge is 0.497 e. The number of rotatable bonds is 6. The Morgan fingerprint density at radius 3 is 2.68 bits per heavy atom. The molecule has 0 atom stereocenters. The number of carbonyl (C=O) groups is 1. The van der Waals surface area contributed by atoms with Crippen LogP contribution < -0.4 is 14.8 Å². The van der Waals surface area contributed by atoms with Crippen molar-refractivity contribution in [1.82, 2.24) is 5.32 Å². The van der Waals surface area contributed by atoms with Crippen molar-refractivity contribution < 1.29 is 18.7 Å². The summed E-state index contributed by atoms with van der Waals surface area (Å²) in [6.07, 6.45) is 0. The summed E-state index contributed by atoms with van der Waals surface area (Å²) < 4.78 is 24.1. The van der Waals surface area contributed by atoms with Gasteiger partial charge in [-0.1, -0.05) is 12.1 Å². The van der Waals surface area contributed by atoms with Crippen molar-refractivity contribution in [1.29, 1.82) is 0 Å². The minimum absolute atomic E-state index is 0.0173. The van der Waals surface area contributed by atoms with E-state index in [1.54, 1.807) is 6.07 Å². The Labute approximate surface area is 128 Å². The molecule has 0 spiro atoms. The lowest BCUT2D eigenvalue weighted by Gasteiger charge is -2.09. The maximum atomic E-state index is 13.7. The van der Waals surface area contributed by atoms with Crippen molar-refractivity contribution in [3.8, 4) is 11.5 Å². The second kappa shape index (κ2) is 7.45. The average molecular weight is 303 g/mol. The second-order valence-corrected chi connectivity index (χ2v) is 4.77. The van der Waals surface area contributed by atoms with Crippen LogP contribution in [-0.4, -0.2) is 26.2 Å². The molecule has 0 saturated carbocycles. The van der Waals surface area contributed by atoms with Crippen LogP contribution in [0.2, 0.25) is 0 Å². The van der Waals surface area contributed by atoms with Gasteiger partial charge >= 0.3 is 0 Å². The van der Waals surface area contributed by atoms with Gasteiger partial charge in [-0.25, -0.2) is 4.39 Å². The molecule has 5 heteroatoms. The number of hydrogen-bond acceptors (Lipinski definition) is 3. The fraction of sp³-hybridized carbons (Fsp3) is 0.235. The van der Waals surface area contributed by atoms with E-state index in [9.17, 15) is 9.18 Å². The molecule has 4 nitrogen and oxygen atoms in total. The van der Waals surface area contributed by atoms with Crippen LogP contribution in [0.25, 0.3) is 0 Å². The molecule has 2 rings (SSSR count). The van der Waals surface area contributed by atoms with Crippen molar-refractivity contribution >= 4 is 5.91 Å². The first-order chi connectivity index (χ1) is 10.6. The molecule has 0 fully saturated rings. The van der Waals surface area contributed by atoms with E-state index in [2.05, 4.69) is 5.32 Å². The topological polar surface area (TPSA) is 47.6 Å². The molecule has 1 amide bonds. The Kier molecular flexibility index (Phi) is 5.36. The molecule has 0 aliphatic carbocycles. The molecular formula is C17H18FNO3. The minimum atomic E-state index is -0.614. The maximum absolute atomic E-state index is 13.7. The van der Waals surface area contributed by atoms with E-state index in [0.29, 0.717) is 12.4 Å². The Bertz CT molecular complexity index is 658. The molecule has 0 aromatic heterocycles. The number of hydrogen-bond donors (Lipinski definition) is 1. The monoisotopic (exact) mass is 303 g/mol. The van der Waals surface area contributed by atoms with Crippen molar-refractivity contribution in [2.75, 3.05) is 20.3 Å². The van der Waals surface area contributed by atoms with E-state index in [1.807, 2.05) is 31.2 Å². The van der Waals surface area contributed by atoms with Gasteiger partial charge in [0.15, 0.2) is 0 Å². The van der Waals surface area contributed by atoms with Gasteiger partial charge in [0.2, 0.25) is 0 Å². The molecule has 2 aromatic carbocycles. The van der Waals surface area contributed by atoms with E-state index in [0.717, 1.165) is 11.3 Å². The van der Waals surface area contributed by atoms with Gasteiger partial charge in [0.1, 0.15) is 23.9 Å². The molecule has 0 aliphatic rings. The normalized spacial score (nSPS) is 10.1. The van der Waals surface area contributed by atoms with Crippen LogP contribution in [0.15, 0.2) is 42.5 Å². The number of ether oxygens (including phenoxy) is 2. The number of methoxy groups -OCH3 is 1. The SMILES string of the molecule is COc1ccc(C(=O)NCCOc2cccc(C)c2)c(F)c1. The lowest BCUT2D eigenvalue weighted by molar-refractivity contribution is 0.0943.